The Balaban J connectivity index is 1.56. The maximum absolute atomic E-state index is 13.7. The number of nitrogens with one attached hydrogen (secondary N) is 1. The van der Waals surface area contributed by atoms with Crippen LogP contribution in [-0.2, 0) is 19.9 Å². The van der Waals surface area contributed by atoms with E-state index in [1.807, 2.05) is 0 Å². The molecule has 4 aliphatic heterocycles. The Morgan fingerprint density at radius 2 is 1.70 bits per heavy atom. The van der Waals surface area contributed by atoms with Gasteiger partial charge in [-0.25, -0.2) is 4.90 Å². The van der Waals surface area contributed by atoms with E-state index in [4.69, 9.17) is 23.2 Å². The molecule has 3 saturated heterocycles. The van der Waals surface area contributed by atoms with Gasteiger partial charge in [-0.05, 0) is 61.9 Å². The molecule has 3 amide bonds. The van der Waals surface area contributed by atoms with E-state index >= 15 is 0 Å². The third kappa shape index (κ3) is 2.06. The van der Waals surface area contributed by atoms with Crippen molar-refractivity contribution in [3.63, 3.8) is 0 Å². The van der Waals surface area contributed by atoms with Crippen molar-refractivity contribution in [1.82, 2.24) is 4.90 Å². The fourth-order valence-electron chi connectivity index (χ4n) is 6.02. The molecule has 0 aromatic heterocycles. The van der Waals surface area contributed by atoms with Gasteiger partial charge in [-0.2, -0.15) is 0 Å². The van der Waals surface area contributed by atoms with Gasteiger partial charge in [0.05, 0.1) is 17.5 Å². The zero-order valence-corrected chi connectivity index (χ0v) is 17.3. The maximum atomic E-state index is 13.7. The fraction of sp³-hybridized carbons (Fsp3) is 0.318. The van der Waals surface area contributed by atoms with Crippen molar-refractivity contribution < 1.29 is 14.4 Å². The van der Waals surface area contributed by atoms with Gasteiger partial charge in [-0.3, -0.25) is 19.3 Å². The first kappa shape index (κ1) is 18.4. The number of imide groups is 1. The summed E-state index contributed by atoms with van der Waals surface area (Å²) in [6.45, 7) is 0.665. The number of carbonyl (C=O) groups is 3. The molecule has 4 heterocycles. The van der Waals surface area contributed by atoms with Crippen LogP contribution in [0, 0.1) is 11.8 Å². The van der Waals surface area contributed by atoms with Gasteiger partial charge in [0.15, 0.2) is 0 Å². The summed E-state index contributed by atoms with van der Waals surface area (Å²) in [6, 6.07) is 11.7. The number of anilines is 2. The minimum absolute atomic E-state index is 0.153. The second-order valence-electron chi connectivity index (χ2n) is 8.31. The van der Waals surface area contributed by atoms with Crippen LogP contribution >= 0.6 is 23.2 Å². The minimum atomic E-state index is -1.21. The summed E-state index contributed by atoms with van der Waals surface area (Å²) in [5.74, 6) is -2.19. The Labute approximate surface area is 182 Å². The molecule has 8 heteroatoms. The molecule has 6 nitrogen and oxygen atoms in total. The average Bonchev–Trinajstić information content (AvgIpc) is 3.42. The number of benzene rings is 2. The Morgan fingerprint density at radius 3 is 2.47 bits per heavy atom. The van der Waals surface area contributed by atoms with E-state index in [2.05, 4.69) is 10.2 Å². The van der Waals surface area contributed by atoms with E-state index in [1.165, 1.54) is 4.90 Å². The van der Waals surface area contributed by atoms with Gasteiger partial charge in [0.25, 0.3) is 0 Å². The molecule has 4 aliphatic rings. The van der Waals surface area contributed by atoms with Gasteiger partial charge in [0, 0.05) is 27.3 Å². The molecule has 0 bridgehead atoms. The number of hydrogen-bond donors (Lipinski definition) is 1. The Kier molecular flexibility index (Phi) is 3.71. The maximum Gasteiger partial charge on any atom is 0.250 e. The second-order valence-corrected chi connectivity index (χ2v) is 9.18. The first-order chi connectivity index (χ1) is 14.4. The SMILES string of the molecule is O=C1[C@@H]2[C@H]3CCCN3[C@@]3(C(=O)Nc4ccc(Cl)cc43)[C@@H]2C(=O)N1c1ccc(Cl)cc1. The van der Waals surface area contributed by atoms with Gasteiger partial charge in [0.1, 0.15) is 5.54 Å². The smallest absolute Gasteiger partial charge is 0.250 e. The van der Waals surface area contributed by atoms with Crippen molar-refractivity contribution in [3.8, 4) is 0 Å². The zero-order chi connectivity index (χ0) is 20.8. The molecule has 2 aromatic carbocycles. The van der Waals surface area contributed by atoms with Crippen LogP contribution in [-0.4, -0.2) is 35.2 Å². The molecule has 6 rings (SSSR count). The number of fused-ring (bicyclic) bond motifs is 7. The van der Waals surface area contributed by atoms with E-state index in [0.29, 0.717) is 33.5 Å². The molecule has 3 fully saturated rings. The van der Waals surface area contributed by atoms with Crippen LogP contribution in [0.25, 0.3) is 0 Å². The first-order valence-electron chi connectivity index (χ1n) is 9.96. The summed E-state index contributed by atoms with van der Waals surface area (Å²) in [5.41, 5.74) is 0.618. The summed E-state index contributed by atoms with van der Waals surface area (Å²) in [7, 11) is 0. The normalized spacial score (nSPS) is 32.0. The standard InChI is InChI=1S/C22H17Cl2N3O3/c23-11-3-6-13(7-4-11)27-19(28)17-16-2-1-9-26(16)22(18(17)20(27)29)14-10-12(24)5-8-15(14)25-21(22)30/h3-8,10,16-18H,1-2,9H2,(H,25,30)/t16-,17-,18+,22-/m1/s1. The molecular weight excluding hydrogens is 425 g/mol. The monoisotopic (exact) mass is 441 g/mol. The lowest BCUT2D eigenvalue weighted by Gasteiger charge is -2.36. The Hall–Kier alpha value is -2.41. The predicted octanol–water partition coefficient (Wildman–Crippen LogP) is 3.42. The number of nitrogens with zero attached hydrogens (tertiary/aromatic N) is 2. The lowest BCUT2D eigenvalue weighted by Crippen LogP contribution is -2.54. The van der Waals surface area contributed by atoms with Crippen LogP contribution in [0.3, 0.4) is 0 Å². The van der Waals surface area contributed by atoms with Crippen LogP contribution in [0.15, 0.2) is 42.5 Å². The molecule has 30 heavy (non-hydrogen) atoms. The zero-order valence-electron chi connectivity index (χ0n) is 15.8. The van der Waals surface area contributed by atoms with Gasteiger partial charge in [-0.15, -0.1) is 0 Å². The highest BCUT2D eigenvalue weighted by Gasteiger charge is 2.74. The Bertz CT molecular complexity index is 1130. The molecule has 1 N–H and O–H groups in total. The fourth-order valence-corrected chi connectivity index (χ4v) is 6.32. The van der Waals surface area contributed by atoms with Crippen molar-refractivity contribution in [2.45, 2.75) is 24.4 Å². The van der Waals surface area contributed by atoms with Crippen molar-refractivity contribution in [3.05, 3.63) is 58.1 Å². The largest absolute Gasteiger partial charge is 0.324 e. The van der Waals surface area contributed by atoms with Crippen molar-refractivity contribution in [2.75, 3.05) is 16.8 Å². The van der Waals surface area contributed by atoms with Gasteiger partial charge in [-0.1, -0.05) is 23.2 Å². The minimum Gasteiger partial charge on any atom is -0.324 e. The second kappa shape index (κ2) is 6.06. The number of rotatable bonds is 1. The number of hydrogen-bond acceptors (Lipinski definition) is 4. The summed E-state index contributed by atoms with van der Waals surface area (Å²) in [4.78, 5) is 44.1. The van der Waals surface area contributed by atoms with Gasteiger partial charge < -0.3 is 5.32 Å². The van der Waals surface area contributed by atoms with Crippen LogP contribution in [0.5, 0.6) is 0 Å². The van der Waals surface area contributed by atoms with E-state index in [1.54, 1.807) is 42.5 Å². The van der Waals surface area contributed by atoms with Crippen LogP contribution < -0.4 is 10.2 Å². The predicted molar refractivity (Wildman–Crippen MR) is 112 cm³/mol. The molecule has 0 saturated carbocycles. The molecular formula is C22H17Cl2N3O3. The third-order valence-corrected chi connectivity index (χ3v) is 7.53. The van der Waals surface area contributed by atoms with E-state index in [0.717, 1.165) is 12.8 Å². The highest BCUT2D eigenvalue weighted by Crippen LogP contribution is 2.60. The topological polar surface area (TPSA) is 69.7 Å². The molecule has 0 unspecified atom stereocenters. The Morgan fingerprint density at radius 1 is 0.967 bits per heavy atom. The lowest BCUT2D eigenvalue weighted by molar-refractivity contribution is -0.135. The quantitative estimate of drug-likeness (QED) is 0.688. The van der Waals surface area contributed by atoms with Gasteiger partial charge in [0.2, 0.25) is 17.7 Å². The molecule has 4 atom stereocenters. The van der Waals surface area contributed by atoms with E-state index < -0.39 is 17.4 Å². The molecule has 0 aliphatic carbocycles. The molecule has 1 spiro atoms. The van der Waals surface area contributed by atoms with Crippen molar-refractivity contribution >= 4 is 52.3 Å². The van der Waals surface area contributed by atoms with Crippen LogP contribution in [0.4, 0.5) is 11.4 Å². The number of amides is 3. The van der Waals surface area contributed by atoms with E-state index in [9.17, 15) is 14.4 Å². The molecule has 152 valence electrons. The summed E-state index contributed by atoms with van der Waals surface area (Å²) in [6.07, 6.45) is 1.65. The number of carbonyl (C=O) groups excluding carboxylic acids is 3. The average molecular weight is 442 g/mol. The number of halogens is 2. The first-order valence-corrected chi connectivity index (χ1v) is 10.7. The summed E-state index contributed by atoms with van der Waals surface area (Å²) < 4.78 is 0. The highest BCUT2D eigenvalue weighted by molar-refractivity contribution is 6.32. The van der Waals surface area contributed by atoms with Crippen LogP contribution in [0.2, 0.25) is 10.0 Å². The highest BCUT2D eigenvalue weighted by atomic mass is 35.5. The lowest BCUT2D eigenvalue weighted by atomic mass is 9.75. The van der Waals surface area contributed by atoms with Crippen LogP contribution in [0.1, 0.15) is 18.4 Å². The molecule has 2 aromatic rings. The third-order valence-electron chi connectivity index (χ3n) is 7.04. The van der Waals surface area contributed by atoms with Crippen molar-refractivity contribution in [2.24, 2.45) is 11.8 Å². The van der Waals surface area contributed by atoms with Crippen molar-refractivity contribution in [1.29, 1.82) is 0 Å². The van der Waals surface area contributed by atoms with Gasteiger partial charge >= 0.3 is 0 Å². The summed E-state index contributed by atoms with van der Waals surface area (Å²) >= 11 is 12.3. The molecule has 0 radical (unpaired) electrons. The van der Waals surface area contributed by atoms with E-state index in [-0.39, 0.29) is 23.8 Å². The summed E-state index contributed by atoms with van der Waals surface area (Å²) in [5, 5.41) is 3.96.